The van der Waals surface area contributed by atoms with Crippen LogP contribution in [0.5, 0.6) is 0 Å². The quantitative estimate of drug-likeness (QED) is 0.787. The van der Waals surface area contributed by atoms with Crippen molar-refractivity contribution in [2.75, 3.05) is 18.5 Å². The summed E-state index contributed by atoms with van der Waals surface area (Å²) in [7, 11) is 1.57. The van der Waals surface area contributed by atoms with Crippen molar-refractivity contribution < 1.29 is 14.3 Å². The Hall–Kier alpha value is -1.92. The van der Waals surface area contributed by atoms with Crippen LogP contribution in [0.1, 0.15) is 0 Å². The number of amides is 1. The lowest BCUT2D eigenvalue weighted by atomic mass is 10.2. The van der Waals surface area contributed by atoms with Gasteiger partial charge < -0.3 is 20.2 Å². The van der Waals surface area contributed by atoms with Gasteiger partial charge >= 0.3 is 0 Å². The summed E-state index contributed by atoms with van der Waals surface area (Å²) >= 11 is 0. The summed E-state index contributed by atoms with van der Waals surface area (Å²) in [6.45, 7) is -0.103. The lowest BCUT2D eigenvalue weighted by Crippen LogP contribution is -2.40. The molecule has 1 amide bonds. The van der Waals surface area contributed by atoms with Gasteiger partial charge in [-0.2, -0.15) is 0 Å². The average molecular weight is 235 g/mol. The van der Waals surface area contributed by atoms with Gasteiger partial charge in [-0.05, 0) is 12.1 Å². The van der Waals surface area contributed by atoms with Crippen molar-refractivity contribution >= 4 is 22.7 Å². The van der Waals surface area contributed by atoms with E-state index >= 15 is 0 Å². The molecule has 1 heterocycles. The van der Waals surface area contributed by atoms with Crippen LogP contribution in [-0.2, 0) is 4.79 Å². The molecule has 0 bridgehead atoms. The summed E-state index contributed by atoms with van der Waals surface area (Å²) in [5.41, 5.74) is 7.16. The van der Waals surface area contributed by atoms with E-state index < -0.39 is 12.0 Å². The van der Waals surface area contributed by atoms with Crippen molar-refractivity contribution in [3.63, 3.8) is 0 Å². The molecule has 1 atom stereocenters. The van der Waals surface area contributed by atoms with E-state index in [0.29, 0.717) is 16.8 Å². The molecule has 6 heteroatoms. The highest BCUT2D eigenvalue weighted by molar-refractivity contribution is 5.97. The highest BCUT2D eigenvalue weighted by Crippen LogP contribution is 2.20. The molecule has 0 saturated carbocycles. The number of rotatable bonds is 3. The molecular weight excluding hydrogens is 222 g/mol. The number of oxazole rings is 1. The van der Waals surface area contributed by atoms with Gasteiger partial charge in [0.1, 0.15) is 11.6 Å². The van der Waals surface area contributed by atoms with Gasteiger partial charge in [0, 0.05) is 25.3 Å². The number of aromatic nitrogens is 1. The maximum absolute atomic E-state index is 11.7. The molecule has 0 spiro atoms. The molecule has 3 N–H and O–H groups in total. The van der Waals surface area contributed by atoms with Crippen molar-refractivity contribution in [2.45, 2.75) is 6.10 Å². The summed E-state index contributed by atoms with van der Waals surface area (Å²) in [6.07, 6.45) is 0.149. The summed E-state index contributed by atoms with van der Waals surface area (Å²) < 4.78 is 5.14. The van der Waals surface area contributed by atoms with Gasteiger partial charge in [0.25, 0.3) is 5.91 Å². The maximum atomic E-state index is 11.7. The van der Waals surface area contributed by atoms with Crippen molar-refractivity contribution in [3.05, 3.63) is 24.6 Å². The zero-order chi connectivity index (χ0) is 12.4. The van der Waals surface area contributed by atoms with Crippen LogP contribution < -0.4 is 10.6 Å². The molecule has 0 fully saturated rings. The van der Waals surface area contributed by atoms with E-state index in [1.165, 1.54) is 11.3 Å². The predicted octanol–water partition coefficient (Wildman–Crippen LogP) is 0.110. The van der Waals surface area contributed by atoms with Crippen molar-refractivity contribution in [1.29, 1.82) is 0 Å². The lowest BCUT2D eigenvalue weighted by molar-refractivity contribution is -0.125. The Kier molecular flexibility index (Phi) is 3.08. The molecule has 90 valence electrons. The SMILES string of the molecule is CN(C(=O)C(O)CN)c1ccc2ncoc2c1. The first-order chi connectivity index (χ1) is 8.13. The lowest BCUT2D eigenvalue weighted by Gasteiger charge is -2.19. The second kappa shape index (κ2) is 4.52. The van der Waals surface area contributed by atoms with E-state index in [1.54, 1.807) is 25.2 Å². The summed E-state index contributed by atoms with van der Waals surface area (Å²) in [5.74, 6) is -0.452. The average Bonchev–Trinajstić information content (AvgIpc) is 2.83. The highest BCUT2D eigenvalue weighted by atomic mass is 16.3. The normalized spacial score (nSPS) is 12.6. The van der Waals surface area contributed by atoms with Crippen LogP contribution in [0.25, 0.3) is 11.1 Å². The molecule has 0 aliphatic rings. The fraction of sp³-hybridized carbons (Fsp3) is 0.273. The first-order valence-corrected chi connectivity index (χ1v) is 5.12. The molecule has 6 nitrogen and oxygen atoms in total. The standard InChI is InChI=1S/C11H13N3O3/c1-14(11(16)9(15)5-12)7-2-3-8-10(4-7)17-6-13-8/h2-4,6,9,15H,5,12H2,1H3. The van der Waals surface area contributed by atoms with Crippen LogP contribution in [-0.4, -0.2) is 35.7 Å². The van der Waals surface area contributed by atoms with Crippen molar-refractivity contribution in [3.8, 4) is 0 Å². The highest BCUT2D eigenvalue weighted by Gasteiger charge is 2.19. The Balaban J connectivity index is 2.29. The minimum absolute atomic E-state index is 0.103. The van der Waals surface area contributed by atoms with E-state index in [0.717, 1.165) is 0 Å². The molecule has 0 aliphatic heterocycles. The third kappa shape index (κ3) is 2.13. The fourth-order valence-electron chi connectivity index (χ4n) is 1.50. The number of likely N-dealkylation sites (N-methyl/N-ethyl adjacent to an activating group) is 1. The molecular formula is C11H13N3O3. The number of nitrogens with two attached hydrogens (primary N) is 1. The third-order valence-corrected chi connectivity index (χ3v) is 2.54. The van der Waals surface area contributed by atoms with Crippen LogP contribution in [0.2, 0.25) is 0 Å². The Morgan fingerprint density at radius 2 is 2.41 bits per heavy atom. The number of nitrogens with zero attached hydrogens (tertiary/aromatic N) is 2. The van der Waals surface area contributed by atoms with E-state index in [4.69, 9.17) is 10.2 Å². The van der Waals surface area contributed by atoms with Gasteiger partial charge in [0.15, 0.2) is 12.0 Å². The topological polar surface area (TPSA) is 92.6 Å². The first-order valence-electron chi connectivity index (χ1n) is 5.12. The number of benzene rings is 1. The Morgan fingerprint density at radius 3 is 3.12 bits per heavy atom. The number of aliphatic hydroxyl groups is 1. The number of fused-ring (bicyclic) bond motifs is 1. The van der Waals surface area contributed by atoms with Crippen LogP contribution >= 0.6 is 0 Å². The molecule has 17 heavy (non-hydrogen) atoms. The minimum Gasteiger partial charge on any atom is -0.443 e. The van der Waals surface area contributed by atoms with Crippen LogP contribution in [0.15, 0.2) is 29.0 Å². The second-order valence-electron chi connectivity index (χ2n) is 3.65. The van der Waals surface area contributed by atoms with Crippen LogP contribution in [0, 0.1) is 0 Å². The van der Waals surface area contributed by atoms with Gasteiger partial charge in [-0.15, -0.1) is 0 Å². The number of carbonyl (C=O) groups excluding carboxylic acids is 1. The number of aliphatic hydroxyl groups excluding tert-OH is 1. The molecule has 1 unspecified atom stereocenters. The van der Waals surface area contributed by atoms with E-state index in [-0.39, 0.29) is 6.54 Å². The number of carbonyl (C=O) groups is 1. The van der Waals surface area contributed by atoms with Crippen molar-refractivity contribution in [2.24, 2.45) is 5.73 Å². The number of hydrogen-bond acceptors (Lipinski definition) is 5. The zero-order valence-corrected chi connectivity index (χ0v) is 9.33. The zero-order valence-electron chi connectivity index (χ0n) is 9.33. The number of hydrogen-bond donors (Lipinski definition) is 2. The molecule has 1 aromatic carbocycles. The smallest absolute Gasteiger partial charge is 0.256 e. The van der Waals surface area contributed by atoms with Crippen molar-refractivity contribution in [1.82, 2.24) is 4.98 Å². The molecule has 2 rings (SSSR count). The monoisotopic (exact) mass is 235 g/mol. The van der Waals surface area contributed by atoms with Gasteiger partial charge in [0.05, 0.1) is 0 Å². The van der Waals surface area contributed by atoms with E-state index in [1.807, 2.05) is 0 Å². The summed E-state index contributed by atoms with van der Waals surface area (Å²) in [6, 6.07) is 5.15. The van der Waals surface area contributed by atoms with Gasteiger partial charge in [0.2, 0.25) is 0 Å². The predicted molar refractivity (Wildman–Crippen MR) is 62.5 cm³/mol. The molecule has 0 saturated heterocycles. The van der Waals surface area contributed by atoms with Gasteiger partial charge in [-0.25, -0.2) is 4.98 Å². The molecule has 2 aromatic rings. The largest absolute Gasteiger partial charge is 0.443 e. The van der Waals surface area contributed by atoms with Crippen LogP contribution in [0.3, 0.4) is 0 Å². The van der Waals surface area contributed by atoms with E-state index in [2.05, 4.69) is 4.98 Å². The Labute approximate surface area is 97.6 Å². The molecule has 0 aliphatic carbocycles. The minimum atomic E-state index is -1.19. The second-order valence-corrected chi connectivity index (χ2v) is 3.65. The third-order valence-electron chi connectivity index (χ3n) is 2.54. The first kappa shape index (κ1) is 11.6. The number of anilines is 1. The Morgan fingerprint density at radius 1 is 1.65 bits per heavy atom. The maximum Gasteiger partial charge on any atom is 0.256 e. The van der Waals surface area contributed by atoms with E-state index in [9.17, 15) is 9.90 Å². The van der Waals surface area contributed by atoms with Crippen LogP contribution in [0.4, 0.5) is 5.69 Å². The summed E-state index contributed by atoms with van der Waals surface area (Å²) in [4.78, 5) is 17.0. The summed E-state index contributed by atoms with van der Waals surface area (Å²) in [5, 5.41) is 9.38. The molecule has 1 aromatic heterocycles. The Bertz CT molecular complexity index is 537. The van der Waals surface area contributed by atoms with Gasteiger partial charge in [-0.1, -0.05) is 0 Å². The molecule has 0 radical (unpaired) electrons. The fourth-order valence-corrected chi connectivity index (χ4v) is 1.50. The van der Waals surface area contributed by atoms with Gasteiger partial charge in [-0.3, -0.25) is 4.79 Å².